The van der Waals surface area contributed by atoms with Crippen molar-refractivity contribution in [2.45, 2.75) is 31.4 Å². The van der Waals surface area contributed by atoms with Gasteiger partial charge in [0.15, 0.2) is 11.1 Å². The molecule has 0 aliphatic carbocycles. The Kier molecular flexibility index (Phi) is 5.27. The average Bonchev–Trinajstić information content (AvgIpc) is 1.89. The molecule has 0 aromatic rings. The molecule has 2 nitrogen and oxygen atoms in total. The number of rotatable bonds is 4. The van der Waals surface area contributed by atoms with Crippen molar-refractivity contribution in [2.75, 3.05) is 0 Å². The average molecular weight is 160 g/mol. The first-order valence-electron chi connectivity index (χ1n) is 3.28. The molecular weight excluding hydrogens is 148 g/mol. The number of unbranched alkanes of at least 4 members (excludes halogenated alkanes) is 1. The molecule has 3 heteroatoms. The predicted octanol–water partition coefficient (Wildman–Crippen LogP) is 1.40. The summed E-state index contributed by atoms with van der Waals surface area (Å²) in [4.78, 5) is 0. The zero-order chi connectivity index (χ0) is 7.98. The van der Waals surface area contributed by atoms with Crippen molar-refractivity contribution in [2.24, 2.45) is 0 Å². The van der Waals surface area contributed by atoms with Gasteiger partial charge in [-0.2, -0.15) is 0 Å². The van der Waals surface area contributed by atoms with Crippen LogP contribution in [-0.2, 0) is 11.1 Å². The van der Waals surface area contributed by atoms with Crippen molar-refractivity contribution in [3.8, 4) is 12.3 Å². The summed E-state index contributed by atoms with van der Waals surface area (Å²) >= 11 is -1.84. The molecule has 0 aliphatic heterocycles. The maximum Gasteiger partial charge on any atom is 0.168 e. The summed E-state index contributed by atoms with van der Waals surface area (Å²) in [5.41, 5.74) is 0. The standard InChI is InChI=1S/C7H12O2S/c1-3-5-6-7(4-2)10(8)9/h2,7H,3,5-6H2,1H3,(H,8,9). The zero-order valence-corrected chi connectivity index (χ0v) is 6.86. The Morgan fingerprint density at radius 1 is 1.80 bits per heavy atom. The fraction of sp³-hybridized carbons (Fsp3) is 0.714. The van der Waals surface area contributed by atoms with Gasteiger partial charge in [0.2, 0.25) is 0 Å². The van der Waals surface area contributed by atoms with Gasteiger partial charge in [0.25, 0.3) is 0 Å². The largest absolute Gasteiger partial charge is 0.305 e. The summed E-state index contributed by atoms with van der Waals surface area (Å²) in [6, 6.07) is 0. The monoisotopic (exact) mass is 160 g/mol. The van der Waals surface area contributed by atoms with E-state index in [0.717, 1.165) is 12.8 Å². The molecule has 0 bridgehead atoms. The third-order valence-corrected chi connectivity index (χ3v) is 2.11. The van der Waals surface area contributed by atoms with Crippen molar-refractivity contribution in [1.29, 1.82) is 0 Å². The van der Waals surface area contributed by atoms with Gasteiger partial charge in [0, 0.05) is 0 Å². The Morgan fingerprint density at radius 3 is 2.70 bits per heavy atom. The normalized spacial score (nSPS) is 15.7. The van der Waals surface area contributed by atoms with E-state index < -0.39 is 16.3 Å². The second-order valence-corrected chi connectivity index (χ2v) is 3.20. The van der Waals surface area contributed by atoms with E-state index in [2.05, 4.69) is 5.92 Å². The van der Waals surface area contributed by atoms with E-state index in [0.29, 0.717) is 6.42 Å². The molecule has 2 unspecified atom stereocenters. The summed E-state index contributed by atoms with van der Waals surface area (Å²) < 4.78 is 19.0. The van der Waals surface area contributed by atoms with Crippen LogP contribution < -0.4 is 0 Å². The highest BCUT2D eigenvalue weighted by Crippen LogP contribution is 2.04. The van der Waals surface area contributed by atoms with Crippen molar-refractivity contribution < 1.29 is 8.76 Å². The molecular formula is C7H12O2S. The lowest BCUT2D eigenvalue weighted by Crippen LogP contribution is -2.11. The molecule has 10 heavy (non-hydrogen) atoms. The molecule has 0 fully saturated rings. The maximum atomic E-state index is 10.4. The topological polar surface area (TPSA) is 37.3 Å². The summed E-state index contributed by atoms with van der Waals surface area (Å²) in [5.74, 6) is 2.29. The summed E-state index contributed by atoms with van der Waals surface area (Å²) in [6.07, 6.45) is 7.59. The lowest BCUT2D eigenvalue weighted by Gasteiger charge is -2.02. The molecule has 0 spiro atoms. The van der Waals surface area contributed by atoms with Crippen LogP contribution in [0.25, 0.3) is 0 Å². The Hall–Kier alpha value is -0.330. The fourth-order valence-corrected chi connectivity index (χ4v) is 1.12. The van der Waals surface area contributed by atoms with Crippen LogP contribution in [0.5, 0.6) is 0 Å². The number of terminal acetylenes is 1. The minimum absolute atomic E-state index is 0.472. The smallest absolute Gasteiger partial charge is 0.168 e. The van der Waals surface area contributed by atoms with Gasteiger partial charge in [-0.1, -0.05) is 25.7 Å². The van der Waals surface area contributed by atoms with Gasteiger partial charge >= 0.3 is 0 Å². The van der Waals surface area contributed by atoms with Crippen LogP contribution >= 0.6 is 0 Å². The molecule has 58 valence electrons. The Labute approximate surface area is 64.3 Å². The van der Waals surface area contributed by atoms with E-state index in [-0.39, 0.29) is 0 Å². The summed E-state index contributed by atoms with van der Waals surface area (Å²) in [7, 11) is 0. The van der Waals surface area contributed by atoms with E-state index in [9.17, 15) is 4.21 Å². The van der Waals surface area contributed by atoms with Gasteiger partial charge in [-0.3, -0.25) is 0 Å². The minimum Gasteiger partial charge on any atom is -0.305 e. The van der Waals surface area contributed by atoms with Crippen molar-refractivity contribution in [3.05, 3.63) is 0 Å². The molecule has 0 radical (unpaired) electrons. The van der Waals surface area contributed by atoms with Crippen molar-refractivity contribution in [1.82, 2.24) is 0 Å². The number of hydrogen-bond acceptors (Lipinski definition) is 1. The van der Waals surface area contributed by atoms with Crippen LogP contribution in [0, 0.1) is 12.3 Å². The van der Waals surface area contributed by atoms with Crippen LogP contribution in [0.3, 0.4) is 0 Å². The molecule has 0 rings (SSSR count). The Bertz CT molecular complexity index is 148. The highest BCUT2D eigenvalue weighted by atomic mass is 32.2. The van der Waals surface area contributed by atoms with Crippen LogP contribution in [-0.4, -0.2) is 14.0 Å². The molecule has 0 aromatic carbocycles. The lowest BCUT2D eigenvalue weighted by molar-refractivity contribution is 0.550. The summed E-state index contributed by atoms with van der Waals surface area (Å²) in [5, 5.41) is -0.472. The molecule has 1 N–H and O–H groups in total. The molecule has 2 atom stereocenters. The van der Waals surface area contributed by atoms with Crippen molar-refractivity contribution in [3.63, 3.8) is 0 Å². The van der Waals surface area contributed by atoms with Gasteiger partial charge in [-0.15, -0.1) is 6.42 Å². The van der Waals surface area contributed by atoms with Crippen LogP contribution in [0.4, 0.5) is 0 Å². The summed E-state index contributed by atoms with van der Waals surface area (Å²) in [6.45, 7) is 2.02. The molecule has 0 saturated carbocycles. The quantitative estimate of drug-likeness (QED) is 0.498. The predicted molar refractivity (Wildman–Crippen MR) is 42.9 cm³/mol. The molecule has 0 heterocycles. The Balaban J connectivity index is 3.64. The minimum atomic E-state index is -1.84. The van der Waals surface area contributed by atoms with Crippen LogP contribution in [0.2, 0.25) is 0 Å². The molecule has 0 aromatic heterocycles. The van der Waals surface area contributed by atoms with Crippen molar-refractivity contribution >= 4 is 11.1 Å². The second kappa shape index (κ2) is 5.45. The van der Waals surface area contributed by atoms with Crippen LogP contribution in [0.15, 0.2) is 0 Å². The van der Waals surface area contributed by atoms with E-state index in [1.807, 2.05) is 6.92 Å². The third-order valence-electron chi connectivity index (χ3n) is 1.25. The zero-order valence-electron chi connectivity index (χ0n) is 6.04. The number of hydrogen-bond donors (Lipinski definition) is 1. The van der Waals surface area contributed by atoms with Gasteiger partial charge in [0.05, 0.1) is 0 Å². The SMILES string of the molecule is C#CC(CCCC)S(=O)O. The van der Waals surface area contributed by atoms with E-state index >= 15 is 0 Å². The van der Waals surface area contributed by atoms with Gasteiger partial charge in [0.1, 0.15) is 5.25 Å². The lowest BCUT2D eigenvalue weighted by atomic mass is 10.2. The first kappa shape index (κ1) is 9.67. The van der Waals surface area contributed by atoms with E-state index in [1.165, 1.54) is 0 Å². The second-order valence-electron chi connectivity index (χ2n) is 2.07. The Morgan fingerprint density at radius 2 is 2.40 bits per heavy atom. The first-order valence-corrected chi connectivity index (χ1v) is 4.45. The molecule has 0 saturated heterocycles. The van der Waals surface area contributed by atoms with E-state index in [4.69, 9.17) is 11.0 Å². The van der Waals surface area contributed by atoms with Gasteiger partial charge < -0.3 is 4.55 Å². The first-order chi connectivity index (χ1) is 4.72. The van der Waals surface area contributed by atoms with Gasteiger partial charge in [-0.05, 0) is 6.42 Å². The maximum absolute atomic E-state index is 10.4. The van der Waals surface area contributed by atoms with Gasteiger partial charge in [-0.25, -0.2) is 4.21 Å². The van der Waals surface area contributed by atoms with E-state index in [1.54, 1.807) is 0 Å². The fourth-order valence-electron chi connectivity index (χ4n) is 0.632. The molecule has 0 amide bonds. The highest BCUT2D eigenvalue weighted by molar-refractivity contribution is 7.80. The van der Waals surface area contributed by atoms with Crippen LogP contribution in [0.1, 0.15) is 26.2 Å². The third kappa shape index (κ3) is 3.65. The highest BCUT2D eigenvalue weighted by Gasteiger charge is 2.09. The molecule has 0 aliphatic rings.